The molecule has 1 aromatic rings. The van der Waals surface area contributed by atoms with Gasteiger partial charge >= 0.3 is 0 Å². The molecule has 0 saturated heterocycles. The van der Waals surface area contributed by atoms with Gasteiger partial charge in [-0.1, -0.05) is 19.4 Å². The van der Waals surface area contributed by atoms with E-state index in [1.54, 1.807) is 17.8 Å². The van der Waals surface area contributed by atoms with E-state index in [9.17, 15) is 0 Å². The van der Waals surface area contributed by atoms with Crippen molar-refractivity contribution in [2.75, 3.05) is 5.75 Å². The first kappa shape index (κ1) is 10.1. The van der Waals surface area contributed by atoms with Gasteiger partial charge in [0.2, 0.25) is 0 Å². The van der Waals surface area contributed by atoms with Crippen molar-refractivity contribution in [1.82, 2.24) is 4.98 Å². The van der Waals surface area contributed by atoms with Crippen molar-refractivity contribution in [1.29, 1.82) is 5.26 Å². The van der Waals surface area contributed by atoms with Gasteiger partial charge in [0.15, 0.2) is 0 Å². The van der Waals surface area contributed by atoms with Gasteiger partial charge in [-0.25, -0.2) is 4.98 Å². The van der Waals surface area contributed by atoms with Crippen LogP contribution in [0.25, 0.3) is 0 Å². The van der Waals surface area contributed by atoms with Gasteiger partial charge in [0.1, 0.15) is 11.8 Å². The minimum absolute atomic E-state index is 0.501. The molecule has 13 heavy (non-hydrogen) atoms. The molecule has 1 aromatic heterocycles. The fraction of sp³-hybridized carbons (Fsp3) is 0.400. The van der Waals surface area contributed by atoms with Crippen LogP contribution < -0.4 is 0 Å². The van der Waals surface area contributed by atoms with Gasteiger partial charge in [0, 0.05) is 0 Å². The summed E-state index contributed by atoms with van der Waals surface area (Å²) in [5.74, 6) is 1.08. The van der Waals surface area contributed by atoms with Crippen molar-refractivity contribution in [2.45, 2.75) is 24.8 Å². The Bertz CT molecular complexity index is 304. The van der Waals surface area contributed by atoms with E-state index in [1.807, 2.05) is 18.2 Å². The van der Waals surface area contributed by atoms with Crippen LogP contribution in [0.5, 0.6) is 0 Å². The summed E-state index contributed by atoms with van der Waals surface area (Å²) in [4.78, 5) is 4.16. The average molecular weight is 192 g/mol. The van der Waals surface area contributed by atoms with Crippen LogP contribution in [-0.2, 0) is 0 Å². The van der Waals surface area contributed by atoms with Crippen LogP contribution in [0.4, 0.5) is 0 Å². The van der Waals surface area contributed by atoms with E-state index in [2.05, 4.69) is 11.9 Å². The zero-order chi connectivity index (χ0) is 9.52. The van der Waals surface area contributed by atoms with E-state index >= 15 is 0 Å². The fourth-order valence-corrected chi connectivity index (χ4v) is 1.86. The van der Waals surface area contributed by atoms with Crippen LogP contribution in [0.2, 0.25) is 0 Å². The molecule has 0 saturated carbocycles. The number of nitriles is 1. The molecule has 0 amide bonds. The number of aromatic nitrogens is 1. The molecule has 2 nitrogen and oxygen atoms in total. The third-order valence-corrected chi connectivity index (χ3v) is 2.60. The molecular formula is C10H12N2S. The Hall–Kier alpha value is -1.01. The van der Waals surface area contributed by atoms with Gasteiger partial charge in [-0.05, 0) is 24.3 Å². The van der Waals surface area contributed by atoms with Gasteiger partial charge in [-0.15, -0.1) is 11.8 Å². The molecule has 0 radical (unpaired) electrons. The molecule has 3 heteroatoms. The van der Waals surface area contributed by atoms with E-state index in [4.69, 9.17) is 5.26 Å². The molecule has 0 unspecified atom stereocenters. The van der Waals surface area contributed by atoms with Gasteiger partial charge < -0.3 is 0 Å². The molecule has 68 valence electrons. The summed E-state index contributed by atoms with van der Waals surface area (Å²) in [7, 11) is 0. The second kappa shape index (κ2) is 5.60. The summed E-state index contributed by atoms with van der Waals surface area (Å²) in [6.07, 6.45) is 2.40. The quantitative estimate of drug-likeness (QED) is 0.543. The van der Waals surface area contributed by atoms with Gasteiger partial charge in [-0.2, -0.15) is 5.26 Å². The van der Waals surface area contributed by atoms with Crippen molar-refractivity contribution in [3.63, 3.8) is 0 Å². The number of rotatable bonds is 4. The Balaban J connectivity index is 2.52. The number of hydrogen-bond donors (Lipinski definition) is 0. The summed E-state index contributed by atoms with van der Waals surface area (Å²) in [5.41, 5.74) is 0.501. The minimum atomic E-state index is 0.501. The summed E-state index contributed by atoms with van der Waals surface area (Å²) >= 11 is 1.71. The average Bonchev–Trinajstić information content (AvgIpc) is 2.19. The first-order chi connectivity index (χ1) is 6.36. The number of hydrogen-bond acceptors (Lipinski definition) is 3. The first-order valence-electron chi connectivity index (χ1n) is 4.36. The molecule has 0 atom stereocenters. The Morgan fingerprint density at radius 1 is 1.54 bits per heavy atom. The highest BCUT2D eigenvalue weighted by Gasteiger charge is 1.96. The van der Waals surface area contributed by atoms with E-state index in [0.717, 1.165) is 10.8 Å². The number of thioether (sulfide) groups is 1. The lowest BCUT2D eigenvalue weighted by Crippen LogP contribution is -1.86. The van der Waals surface area contributed by atoms with Gasteiger partial charge in [0.25, 0.3) is 0 Å². The standard InChI is InChI=1S/C10H12N2S/c1-2-3-7-13-10-6-4-5-9(8-11)12-10/h4-6H,2-3,7H2,1H3. The van der Waals surface area contributed by atoms with Crippen LogP contribution in [0.3, 0.4) is 0 Å². The third kappa shape index (κ3) is 3.47. The second-order valence-electron chi connectivity index (χ2n) is 2.67. The molecule has 0 aliphatic carbocycles. The first-order valence-corrected chi connectivity index (χ1v) is 5.35. The highest BCUT2D eigenvalue weighted by atomic mass is 32.2. The molecule has 0 fully saturated rings. The molecule has 0 spiro atoms. The Labute approximate surface area is 83.0 Å². The van der Waals surface area contributed by atoms with Crippen molar-refractivity contribution >= 4 is 11.8 Å². The maximum Gasteiger partial charge on any atom is 0.141 e. The number of unbranched alkanes of at least 4 members (excludes halogenated alkanes) is 1. The molecule has 0 aliphatic heterocycles. The van der Waals surface area contributed by atoms with Crippen LogP contribution in [0.15, 0.2) is 23.2 Å². The fourth-order valence-electron chi connectivity index (χ4n) is 0.879. The summed E-state index contributed by atoms with van der Waals surface area (Å²) in [5, 5.41) is 9.56. The third-order valence-electron chi connectivity index (χ3n) is 1.59. The van der Waals surface area contributed by atoms with Crippen molar-refractivity contribution in [3.8, 4) is 6.07 Å². The zero-order valence-electron chi connectivity index (χ0n) is 7.66. The van der Waals surface area contributed by atoms with Crippen molar-refractivity contribution < 1.29 is 0 Å². The lowest BCUT2D eigenvalue weighted by Gasteiger charge is -1.98. The number of nitrogens with zero attached hydrogens (tertiary/aromatic N) is 2. The summed E-state index contributed by atoms with van der Waals surface area (Å²) in [6.45, 7) is 2.17. The largest absolute Gasteiger partial charge is 0.231 e. The summed E-state index contributed by atoms with van der Waals surface area (Å²) < 4.78 is 0. The molecule has 1 rings (SSSR count). The predicted octanol–water partition coefficient (Wildman–Crippen LogP) is 2.85. The van der Waals surface area contributed by atoms with Crippen molar-refractivity contribution in [2.24, 2.45) is 0 Å². The molecule has 0 aliphatic rings. The van der Waals surface area contributed by atoms with Crippen LogP contribution in [0, 0.1) is 11.3 Å². The van der Waals surface area contributed by atoms with Gasteiger partial charge in [-0.3, -0.25) is 0 Å². The highest BCUT2D eigenvalue weighted by Crippen LogP contribution is 2.16. The van der Waals surface area contributed by atoms with Crippen LogP contribution in [-0.4, -0.2) is 10.7 Å². The number of pyridine rings is 1. The smallest absolute Gasteiger partial charge is 0.141 e. The normalized spacial score (nSPS) is 9.54. The lowest BCUT2D eigenvalue weighted by atomic mass is 10.4. The van der Waals surface area contributed by atoms with E-state index in [1.165, 1.54) is 12.8 Å². The monoisotopic (exact) mass is 192 g/mol. The highest BCUT2D eigenvalue weighted by molar-refractivity contribution is 7.99. The zero-order valence-corrected chi connectivity index (χ0v) is 8.47. The van der Waals surface area contributed by atoms with Gasteiger partial charge in [0.05, 0.1) is 5.03 Å². The Kier molecular flexibility index (Phi) is 4.34. The molecule has 0 bridgehead atoms. The van der Waals surface area contributed by atoms with Crippen LogP contribution in [0.1, 0.15) is 25.5 Å². The molecule has 0 N–H and O–H groups in total. The van der Waals surface area contributed by atoms with E-state index in [0.29, 0.717) is 5.69 Å². The minimum Gasteiger partial charge on any atom is -0.231 e. The predicted molar refractivity (Wildman–Crippen MR) is 54.6 cm³/mol. The SMILES string of the molecule is CCCCSc1cccc(C#N)n1. The second-order valence-corrected chi connectivity index (χ2v) is 3.79. The summed E-state index contributed by atoms with van der Waals surface area (Å²) in [6, 6.07) is 7.58. The van der Waals surface area contributed by atoms with Crippen molar-refractivity contribution in [3.05, 3.63) is 23.9 Å². The molecule has 0 aromatic carbocycles. The maximum atomic E-state index is 8.61. The maximum absolute atomic E-state index is 8.61. The van der Waals surface area contributed by atoms with E-state index < -0.39 is 0 Å². The molecular weight excluding hydrogens is 180 g/mol. The van der Waals surface area contributed by atoms with E-state index in [-0.39, 0.29) is 0 Å². The molecule has 1 heterocycles. The Morgan fingerprint density at radius 2 is 2.38 bits per heavy atom. The lowest BCUT2D eigenvalue weighted by molar-refractivity contribution is 0.894. The Morgan fingerprint density at radius 3 is 3.08 bits per heavy atom. The topological polar surface area (TPSA) is 36.7 Å². The van der Waals surface area contributed by atoms with Crippen LogP contribution >= 0.6 is 11.8 Å².